The second-order valence-corrected chi connectivity index (χ2v) is 6.22. The Bertz CT molecular complexity index is 679. The summed E-state index contributed by atoms with van der Waals surface area (Å²) < 4.78 is 13.0. The van der Waals surface area contributed by atoms with E-state index in [1.165, 1.54) is 37.8 Å². The summed E-state index contributed by atoms with van der Waals surface area (Å²) in [6.45, 7) is 0. The molecule has 0 atom stereocenters. The van der Waals surface area contributed by atoms with Crippen LogP contribution in [0.3, 0.4) is 0 Å². The first-order valence-electron chi connectivity index (χ1n) is 8.50. The zero-order chi connectivity index (χ0) is 16.8. The van der Waals surface area contributed by atoms with Gasteiger partial charge in [-0.15, -0.1) is 0 Å². The van der Waals surface area contributed by atoms with Gasteiger partial charge in [0.15, 0.2) is 0 Å². The summed E-state index contributed by atoms with van der Waals surface area (Å²) in [6, 6.07) is 9.84. The van der Waals surface area contributed by atoms with Gasteiger partial charge in [0.2, 0.25) is 0 Å². The fourth-order valence-corrected chi connectivity index (χ4v) is 3.02. The number of rotatable bonds is 4. The van der Waals surface area contributed by atoms with Crippen LogP contribution in [0, 0.1) is 5.82 Å². The van der Waals surface area contributed by atoms with Crippen LogP contribution in [-0.2, 0) is 0 Å². The Morgan fingerprint density at radius 3 is 2.42 bits per heavy atom. The molecule has 4 nitrogen and oxygen atoms in total. The molecule has 0 radical (unpaired) electrons. The van der Waals surface area contributed by atoms with E-state index in [0.717, 1.165) is 24.2 Å². The predicted molar refractivity (Wildman–Crippen MR) is 92.9 cm³/mol. The van der Waals surface area contributed by atoms with Gasteiger partial charge >= 0.3 is 0 Å². The van der Waals surface area contributed by atoms with E-state index in [1.54, 1.807) is 30.5 Å². The molecule has 0 bridgehead atoms. The Kier molecular flexibility index (Phi) is 5.41. The molecule has 2 aromatic rings. The molecule has 24 heavy (non-hydrogen) atoms. The van der Waals surface area contributed by atoms with Crippen molar-refractivity contribution in [2.75, 3.05) is 5.32 Å². The fraction of sp³-hybridized carbons (Fsp3) is 0.368. The van der Waals surface area contributed by atoms with Gasteiger partial charge in [-0.25, -0.2) is 4.39 Å². The van der Waals surface area contributed by atoms with Crippen LogP contribution in [0.25, 0.3) is 0 Å². The number of hydrogen-bond acceptors (Lipinski definition) is 3. The van der Waals surface area contributed by atoms with E-state index >= 15 is 0 Å². The van der Waals surface area contributed by atoms with Gasteiger partial charge in [-0.05, 0) is 49.2 Å². The number of hydrogen-bond donors (Lipinski definition) is 2. The SMILES string of the molecule is O=C(NC1CCCCCC1)c1cc(Nc2ccc(F)cc2)ccn1. The molecule has 1 amide bonds. The van der Waals surface area contributed by atoms with Gasteiger partial charge in [-0.3, -0.25) is 9.78 Å². The van der Waals surface area contributed by atoms with Crippen molar-refractivity contribution in [2.24, 2.45) is 0 Å². The third-order valence-electron chi connectivity index (χ3n) is 4.32. The molecular weight excluding hydrogens is 305 g/mol. The molecule has 1 aromatic heterocycles. The lowest BCUT2D eigenvalue weighted by Gasteiger charge is -2.16. The minimum Gasteiger partial charge on any atom is -0.355 e. The second-order valence-electron chi connectivity index (χ2n) is 6.22. The Hall–Kier alpha value is -2.43. The van der Waals surface area contributed by atoms with E-state index in [-0.39, 0.29) is 17.8 Å². The van der Waals surface area contributed by atoms with Crippen LogP contribution in [0.1, 0.15) is 49.0 Å². The number of nitrogens with one attached hydrogen (secondary N) is 2. The quantitative estimate of drug-likeness (QED) is 0.818. The summed E-state index contributed by atoms with van der Waals surface area (Å²) in [5.41, 5.74) is 1.91. The lowest BCUT2D eigenvalue weighted by Crippen LogP contribution is -2.34. The standard InChI is InChI=1S/C19H22FN3O/c20-14-7-9-16(10-8-14)22-17-11-12-21-18(13-17)19(24)23-15-5-3-1-2-4-6-15/h7-13,15H,1-6H2,(H,21,22)(H,23,24). The molecule has 1 aliphatic carbocycles. The highest BCUT2D eigenvalue weighted by Gasteiger charge is 2.16. The minimum atomic E-state index is -0.279. The summed E-state index contributed by atoms with van der Waals surface area (Å²) in [6.07, 6.45) is 8.53. The predicted octanol–water partition coefficient (Wildman–Crippen LogP) is 4.42. The summed E-state index contributed by atoms with van der Waals surface area (Å²) in [5.74, 6) is -0.414. The summed E-state index contributed by atoms with van der Waals surface area (Å²) in [7, 11) is 0. The van der Waals surface area contributed by atoms with Crippen molar-refractivity contribution in [1.29, 1.82) is 0 Å². The molecular formula is C19H22FN3O. The molecule has 0 saturated heterocycles. The number of halogens is 1. The molecule has 2 N–H and O–H groups in total. The fourth-order valence-electron chi connectivity index (χ4n) is 3.02. The van der Waals surface area contributed by atoms with Crippen molar-refractivity contribution >= 4 is 17.3 Å². The highest BCUT2D eigenvalue weighted by atomic mass is 19.1. The zero-order valence-corrected chi connectivity index (χ0v) is 13.6. The molecule has 126 valence electrons. The van der Waals surface area contributed by atoms with Gasteiger partial charge < -0.3 is 10.6 Å². The lowest BCUT2D eigenvalue weighted by atomic mass is 10.1. The maximum atomic E-state index is 13.0. The normalized spacial score (nSPS) is 15.5. The van der Waals surface area contributed by atoms with Crippen molar-refractivity contribution in [3.63, 3.8) is 0 Å². The van der Waals surface area contributed by atoms with Crippen LogP contribution in [-0.4, -0.2) is 16.9 Å². The van der Waals surface area contributed by atoms with Gasteiger partial charge in [-0.1, -0.05) is 25.7 Å². The van der Waals surface area contributed by atoms with E-state index in [4.69, 9.17) is 0 Å². The van der Waals surface area contributed by atoms with Crippen LogP contribution in [0.4, 0.5) is 15.8 Å². The van der Waals surface area contributed by atoms with Crippen molar-refractivity contribution < 1.29 is 9.18 Å². The number of anilines is 2. The van der Waals surface area contributed by atoms with E-state index in [2.05, 4.69) is 15.6 Å². The monoisotopic (exact) mass is 327 g/mol. The number of benzene rings is 1. The smallest absolute Gasteiger partial charge is 0.270 e. The van der Waals surface area contributed by atoms with Gasteiger partial charge in [0.1, 0.15) is 11.5 Å². The molecule has 3 rings (SSSR count). The maximum Gasteiger partial charge on any atom is 0.270 e. The van der Waals surface area contributed by atoms with Crippen LogP contribution in [0.5, 0.6) is 0 Å². The lowest BCUT2D eigenvalue weighted by molar-refractivity contribution is 0.0928. The molecule has 1 aromatic carbocycles. The van der Waals surface area contributed by atoms with Crippen LogP contribution in [0.2, 0.25) is 0 Å². The molecule has 5 heteroatoms. The molecule has 0 unspecified atom stereocenters. The van der Waals surface area contributed by atoms with Gasteiger partial charge in [0.05, 0.1) is 0 Å². The van der Waals surface area contributed by atoms with Gasteiger partial charge in [0.25, 0.3) is 5.91 Å². The summed E-state index contributed by atoms with van der Waals surface area (Å²) in [4.78, 5) is 16.6. The van der Waals surface area contributed by atoms with E-state index < -0.39 is 0 Å². The Balaban J connectivity index is 1.65. The van der Waals surface area contributed by atoms with Crippen molar-refractivity contribution in [1.82, 2.24) is 10.3 Å². The molecule has 1 heterocycles. The summed E-state index contributed by atoms with van der Waals surface area (Å²) in [5, 5.41) is 6.25. The number of nitrogens with zero attached hydrogens (tertiary/aromatic N) is 1. The highest BCUT2D eigenvalue weighted by molar-refractivity contribution is 5.93. The first kappa shape index (κ1) is 16.4. The minimum absolute atomic E-state index is 0.135. The van der Waals surface area contributed by atoms with E-state index in [9.17, 15) is 9.18 Å². The van der Waals surface area contributed by atoms with E-state index in [1.807, 2.05) is 0 Å². The highest BCUT2D eigenvalue weighted by Crippen LogP contribution is 2.19. The molecule has 0 spiro atoms. The Labute approximate surface area is 141 Å². The number of aromatic nitrogens is 1. The molecule has 1 saturated carbocycles. The van der Waals surface area contributed by atoms with Crippen molar-refractivity contribution in [3.05, 3.63) is 54.1 Å². The van der Waals surface area contributed by atoms with Crippen molar-refractivity contribution in [2.45, 2.75) is 44.6 Å². The maximum absolute atomic E-state index is 13.0. The van der Waals surface area contributed by atoms with Crippen LogP contribution in [0.15, 0.2) is 42.6 Å². The number of amides is 1. The van der Waals surface area contributed by atoms with E-state index in [0.29, 0.717) is 5.69 Å². The third-order valence-corrected chi connectivity index (χ3v) is 4.32. The largest absolute Gasteiger partial charge is 0.355 e. The zero-order valence-electron chi connectivity index (χ0n) is 13.6. The topological polar surface area (TPSA) is 54.0 Å². The first-order chi connectivity index (χ1) is 11.7. The van der Waals surface area contributed by atoms with Gasteiger partial charge in [-0.2, -0.15) is 0 Å². The average Bonchev–Trinajstić information content (AvgIpc) is 2.86. The molecule has 1 fully saturated rings. The average molecular weight is 327 g/mol. The number of pyridine rings is 1. The Morgan fingerprint density at radius 1 is 1.00 bits per heavy atom. The number of carbonyl (C=O) groups excluding carboxylic acids is 1. The first-order valence-corrected chi connectivity index (χ1v) is 8.50. The third kappa shape index (κ3) is 4.54. The van der Waals surface area contributed by atoms with Gasteiger partial charge in [0, 0.05) is 23.6 Å². The summed E-state index contributed by atoms with van der Waals surface area (Å²) >= 11 is 0. The number of carbonyl (C=O) groups is 1. The van der Waals surface area contributed by atoms with Crippen LogP contribution >= 0.6 is 0 Å². The van der Waals surface area contributed by atoms with Crippen LogP contribution < -0.4 is 10.6 Å². The second kappa shape index (κ2) is 7.90. The molecule has 0 aliphatic heterocycles. The van der Waals surface area contributed by atoms with Crippen molar-refractivity contribution in [3.8, 4) is 0 Å². The Morgan fingerprint density at radius 2 is 1.71 bits per heavy atom. The molecule has 1 aliphatic rings.